The van der Waals surface area contributed by atoms with Crippen LogP contribution in [0, 0.1) is 11.6 Å². The second-order valence-corrected chi connectivity index (χ2v) is 9.30. The summed E-state index contributed by atoms with van der Waals surface area (Å²) in [5.41, 5.74) is 2.26. The first-order chi connectivity index (χ1) is 19.9. The molecule has 0 aliphatic carbocycles. The summed E-state index contributed by atoms with van der Waals surface area (Å²) in [4.78, 5) is 24.8. The van der Waals surface area contributed by atoms with E-state index in [-0.39, 0.29) is 35.9 Å². The van der Waals surface area contributed by atoms with Gasteiger partial charge in [0.15, 0.2) is 11.5 Å². The topological polar surface area (TPSA) is 85.9 Å². The van der Waals surface area contributed by atoms with E-state index in [4.69, 9.17) is 14.2 Å². The quantitative estimate of drug-likeness (QED) is 0.180. The van der Waals surface area contributed by atoms with Crippen molar-refractivity contribution in [3.05, 3.63) is 101 Å². The van der Waals surface area contributed by atoms with Gasteiger partial charge in [-0.1, -0.05) is 42.8 Å². The minimum absolute atomic E-state index is 0.0162. The van der Waals surface area contributed by atoms with Crippen molar-refractivity contribution in [1.29, 1.82) is 0 Å². The molecule has 7 nitrogen and oxygen atoms in total. The van der Waals surface area contributed by atoms with Crippen molar-refractivity contribution in [3.8, 4) is 17.2 Å². The molecule has 0 unspecified atom stereocenters. The molecule has 0 aromatic heterocycles. The van der Waals surface area contributed by atoms with Gasteiger partial charge in [-0.05, 0) is 60.4 Å². The predicted molar refractivity (Wildman–Crippen MR) is 154 cm³/mol. The van der Waals surface area contributed by atoms with Gasteiger partial charge in [0.1, 0.15) is 11.6 Å². The first-order valence-corrected chi connectivity index (χ1v) is 13.4. The lowest BCUT2D eigenvalue weighted by atomic mass is 9.87. The molecule has 0 saturated heterocycles. The summed E-state index contributed by atoms with van der Waals surface area (Å²) in [5, 5.41) is 5.62. The van der Waals surface area contributed by atoms with E-state index in [1.807, 2.05) is 0 Å². The maximum Gasteiger partial charge on any atom is 0.251 e. The second kappa shape index (κ2) is 16.0. The monoisotopic (exact) mass is 566 g/mol. The molecule has 0 aliphatic heterocycles. The molecular formula is C32H36F2N2O5. The van der Waals surface area contributed by atoms with Gasteiger partial charge in [-0.15, -0.1) is 0 Å². The van der Waals surface area contributed by atoms with Gasteiger partial charge in [-0.2, -0.15) is 0 Å². The van der Waals surface area contributed by atoms with Crippen molar-refractivity contribution in [2.75, 3.05) is 34.4 Å². The molecule has 3 aromatic rings. The number of amides is 2. The van der Waals surface area contributed by atoms with Crippen LogP contribution >= 0.6 is 0 Å². The molecular weight excluding hydrogens is 530 g/mol. The van der Waals surface area contributed by atoms with Crippen LogP contribution in [0.3, 0.4) is 0 Å². The lowest BCUT2D eigenvalue weighted by Crippen LogP contribution is -2.25. The zero-order valence-electron chi connectivity index (χ0n) is 23.5. The molecule has 218 valence electrons. The van der Waals surface area contributed by atoms with Crippen LogP contribution in [-0.4, -0.2) is 46.2 Å². The highest BCUT2D eigenvalue weighted by molar-refractivity contribution is 5.95. The fourth-order valence-electron chi connectivity index (χ4n) is 4.44. The number of ether oxygens (including phenoxy) is 3. The lowest BCUT2D eigenvalue weighted by Gasteiger charge is -2.18. The summed E-state index contributed by atoms with van der Waals surface area (Å²) in [7, 11) is 4.45. The Kier molecular flexibility index (Phi) is 12.2. The van der Waals surface area contributed by atoms with E-state index in [9.17, 15) is 18.4 Å². The van der Waals surface area contributed by atoms with Crippen molar-refractivity contribution in [2.24, 2.45) is 0 Å². The van der Waals surface area contributed by atoms with E-state index >= 15 is 0 Å². The standard InChI is InChI=1S/C32H36F2N2O5/c1-39-28-20-24(21-29(40-2)31(28)41-3)32(38)36-19-7-6-18-35-30(37)9-5-4-8-27(22-10-14-25(33)15-11-22)23-12-16-26(34)17-13-23/h6-7,10-17,20-21,27H,4-5,8-9,18-19H2,1-3H3,(H,35,37)(H,36,38)/b7-6+. The number of nitrogens with one attached hydrogen (secondary N) is 2. The van der Waals surface area contributed by atoms with E-state index in [0.29, 0.717) is 42.2 Å². The molecule has 2 N–H and O–H groups in total. The Morgan fingerprint density at radius 3 is 1.76 bits per heavy atom. The van der Waals surface area contributed by atoms with Crippen molar-refractivity contribution in [2.45, 2.75) is 31.6 Å². The Labute approximate surface area is 239 Å². The first kappa shape index (κ1) is 31.1. The van der Waals surface area contributed by atoms with Crippen molar-refractivity contribution in [3.63, 3.8) is 0 Å². The van der Waals surface area contributed by atoms with E-state index in [1.165, 1.54) is 45.6 Å². The first-order valence-electron chi connectivity index (χ1n) is 13.4. The third-order valence-electron chi connectivity index (χ3n) is 6.58. The molecule has 41 heavy (non-hydrogen) atoms. The predicted octanol–water partition coefficient (Wildman–Crippen LogP) is 5.79. The van der Waals surface area contributed by atoms with Gasteiger partial charge in [0, 0.05) is 31.0 Å². The Morgan fingerprint density at radius 2 is 1.27 bits per heavy atom. The van der Waals surface area contributed by atoms with Crippen LogP contribution in [0.4, 0.5) is 8.78 Å². The average Bonchev–Trinajstić information content (AvgIpc) is 2.99. The molecule has 3 rings (SSSR count). The fraction of sp³-hybridized carbons (Fsp3) is 0.312. The molecule has 3 aromatic carbocycles. The number of hydrogen-bond acceptors (Lipinski definition) is 5. The highest BCUT2D eigenvalue weighted by Gasteiger charge is 2.17. The summed E-state index contributed by atoms with van der Waals surface area (Å²) in [6, 6.07) is 15.8. The number of benzene rings is 3. The third kappa shape index (κ3) is 9.34. The molecule has 0 atom stereocenters. The summed E-state index contributed by atoms with van der Waals surface area (Å²) in [6.45, 7) is 0.617. The molecule has 0 spiro atoms. The number of carbonyl (C=O) groups is 2. The maximum absolute atomic E-state index is 13.4. The van der Waals surface area contributed by atoms with Gasteiger partial charge >= 0.3 is 0 Å². The molecule has 0 radical (unpaired) electrons. The Morgan fingerprint density at radius 1 is 0.756 bits per heavy atom. The number of unbranched alkanes of at least 4 members (excludes halogenated alkanes) is 1. The van der Waals surface area contributed by atoms with Gasteiger partial charge in [-0.25, -0.2) is 8.78 Å². The molecule has 0 heterocycles. The Balaban J connectivity index is 1.39. The van der Waals surface area contributed by atoms with E-state index in [2.05, 4.69) is 10.6 Å². The van der Waals surface area contributed by atoms with Crippen LogP contribution in [0.5, 0.6) is 17.2 Å². The summed E-state index contributed by atoms with van der Waals surface area (Å²) in [6.07, 6.45) is 6.09. The van der Waals surface area contributed by atoms with Gasteiger partial charge in [0.25, 0.3) is 5.91 Å². The number of halogens is 2. The normalized spacial score (nSPS) is 11.0. The molecule has 0 bridgehead atoms. The zero-order chi connectivity index (χ0) is 29.6. The average molecular weight is 567 g/mol. The lowest BCUT2D eigenvalue weighted by molar-refractivity contribution is -0.121. The largest absolute Gasteiger partial charge is 0.493 e. The minimum atomic E-state index is -0.308. The van der Waals surface area contributed by atoms with Crippen molar-refractivity contribution in [1.82, 2.24) is 10.6 Å². The molecule has 0 fully saturated rings. The zero-order valence-corrected chi connectivity index (χ0v) is 23.5. The van der Waals surface area contributed by atoms with Crippen molar-refractivity contribution >= 4 is 11.8 Å². The summed E-state index contributed by atoms with van der Waals surface area (Å²) in [5.74, 6) is 0.166. The number of rotatable bonds is 15. The van der Waals surface area contributed by atoms with Gasteiger partial charge in [0.05, 0.1) is 21.3 Å². The minimum Gasteiger partial charge on any atom is -0.493 e. The highest BCUT2D eigenvalue weighted by Crippen LogP contribution is 2.38. The smallest absolute Gasteiger partial charge is 0.251 e. The molecule has 0 aliphatic rings. The maximum atomic E-state index is 13.4. The van der Waals surface area contributed by atoms with Crippen molar-refractivity contribution < 1.29 is 32.6 Å². The van der Waals surface area contributed by atoms with Crippen LogP contribution < -0.4 is 24.8 Å². The number of methoxy groups -OCH3 is 3. The van der Waals surface area contributed by atoms with Crippen LogP contribution in [0.25, 0.3) is 0 Å². The molecule has 9 heteroatoms. The summed E-state index contributed by atoms with van der Waals surface area (Å²) < 4.78 is 42.7. The van der Waals surface area contributed by atoms with Gasteiger partial charge in [0.2, 0.25) is 11.7 Å². The number of hydrogen-bond donors (Lipinski definition) is 2. The van der Waals surface area contributed by atoms with Crippen LogP contribution in [0.15, 0.2) is 72.8 Å². The Bertz CT molecular complexity index is 1240. The van der Waals surface area contributed by atoms with E-state index < -0.39 is 0 Å². The summed E-state index contributed by atoms with van der Waals surface area (Å²) >= 11 is 0. The second-order valence-electron chi connectivity index (χ2n) is 9.30. The number of carbonyl (C=O) groups excluding carboxylic acids is 2. The highest BCUT2D eigenvalue weighted by atomic mass is 19.1. The molecule has 2 amide bonds. The van der Waals surface area contributed by atoms with Crippen LogP contribution in [-0.2, 0) is 4.79 Å². The SMILES string of the molecule is COc1cc(C(=O)NC/C=C/CNC(=O)CCCCC(c2ccc(F)cc2)c2ccc(F)cc2)cc(OC)c1OC. The Hall–Kier alpha value is -4.40. The van der Waals surface area contributed by atoms with E-state index in [1.54, 1.807) is 48.6 Å². The van der Waals surface area contributed by atoms with Crippen LogP contribution in [0.2, 0.25) is 0 Å². The van der Waals surface area contributed by atoms with Gasteiger partial charge < -0.3 is 24.8 Å². The third-order valence-corrected chi connectivity index (χ3v) is 6.58. The van der Waals surface area contributed by atoms with E-state index in [0.717, 1.165) is 24.0 Å². The van der Waals surface area contributed by atoms with Crippen LogP contribution in [0.1, 0.15) is 53.1 Å². The molecule has 0 saturated carbocycles. The van der Waals surface area contributed by atoms with Gasteiger partial charge in [-0.3, -0.25) is 9.59 Å². The fourth-order valence-corrected chi connectivity index (χ4v) is 4.44.